The van der Waals surface area contributed by atoms with Gasteiger partial charge in [-0.1, -0.05) is 27.2 Å². The number of fused-ring (bicyclic) bond motifs is 1. The molecule has 2 aliphatic rings. The minimum Gasteiger partial charge on any atom is -0.369 e. The van der Waals surface area contributed by atoms with Crippen LogP contribution in [0.1, 0.15) is 45.6 Å². The number of hydrogen-bond donors (Lipinski definition) is 2. The molecule has 0 bridgehead atoms. The molecule has 2 amide bonds. The Kier molecular flexibility index (Phi) is 7.93. The molecule has 4 rings (SSSR count). The Morgan fingerprint density at radius 2 is 1.82 bits per heavy atom. The van der Waals surface area contributed by atoms with Crippen molar-refractivity contribution in [2.75, 3.05) is 54.9 Å². The Balaban J connectivity index is 1.42. The van der Waals surface area contributed by atoms with Crippen LogP contribution in [0.3, 0.4) is 0 Å². The monoisotopic (exact) mass is 464 g/mol. The number of piperazine rings is 1. The van der Waals surface area contributed by atoms with Crippen molar-refractivity contribution >= 4 is 28.9 Å². The van der Waals surface area contributed by atoms with Crippen LogP contribution >= 0.6 is 0 Å². The van der Waals surface area contributed by atoms with E-state index in [1.54, 1.807) is 0 Å². The lowest BCUT2D eigenvalue weighted by molar-refractivity contribution is 0.243. The summed E-state index contributed by atoms with van der Waals surface area (Å²) in [5, 5.41) is 6.42. The van der Waals surface area contributed by atoms with E-state index in [9.17, 15) is 4.79 Å². The van der Waals surface area contributed by atoms with Crippen molar-refractivity contribution in [2.45, 2.75) is 46.6 Å². The number of likely N-dealkylation sites (N-methyl/N-ethyl adjacent to an activating group) is 1. The second kappa shape index (κ2) is 11.1. The molecule has 3 heterocycles. The molecule has 2 unspecified atom stereocenters. The molecule has 2 atom stereocenters. The van der Waals surface area contributed by atoms with Crippen LogP contribution in [0.5, 0.6) is 0 Å². The third kappa shape index (κ3) is 6.00. The Hall–Kier alpha value is -2.80. The van der Waals surface area contributed by atoms with E-state index in [2.05, 4.69) is 77.5 Å². The van der Waals surface area contributed by atoms with Crippen LogP contribution in [-0.4, -0.2) is 55.7 Å². The molecular weight excluding hydrogens is 424 g/mol. The van der Waals surface area contributed by atoms with Crippen molar-refractivity contribution in [3.05, 3.63) is 42.1 Å². The van der Waals surface area contributed by atoms with Crippen molar-refractivity contribution in [3.63, 3.8) is 0 Å². The second-order valence-electron chi connectivity index (χ2n) is 10.1. The van der Waals surface area contributed by atoms with Crippen LogP contribution in [0.2, 0.25) is 0 Å². The number of pyridine rings is 1. The van der Waals surface area contributed by atoms with Crippen LogP contribution in [0.4, 0.5) is 27.7 Å². The Bertz CT molecular complexity index is 954. The molecule has 0 saturated carbocycles. The standard InChI is InChI=1S/C27H40N6O/c1-5-20(2)16-21(3)10-11-33-25-17-26(28-18-22(25)19-29-27(33)34)30-23-6-8-24(9-7-23)32-14-12-31(4)13-15-32/h6-9,17-18,20-21H,5,10-16,19H2,1-4H3,(H,28,30)(H,29,34). The van der Waals surface area contributed by atoms with Gasteiger partial charge in [-0.05, 0) is 56.0 Å². The Morgan fingerprint density at radius 3 is 2.53 bits per heavy atom. The van der Waals surface area contributed by atoms with Crippen molar-refractivity contribution in [3.8, 4) is 0 Å². The molecule has 2 N–H and O–H groups in total. The van der Waals surface area contributed by atoms with E-state index in [1.165, 1.54) is 18.5 Å². The SMILES string of the molecule is CCC(C)CC(C)CCN1C(=O)NCc2cnc(Nc3ccc(N4CCN(C)CC4)cc3)cc21. The zero-order chi connectivity index (χ0) is 24.1. The zero-order valence-corrected chi connectivity index (χ0v) is 21.2. The maximum Gasteiger partial charge on any atom is 0.322 e. The average molecular weight is 465 g/mol. The van der Waals surface area contributed by atoms with Crippen LogP contribution in [-0.2, 0) is 6.54 Å². The van der Waals surface area contributed by atoms with Gasteiger partial charge in [0.25, 0.3) is 0 Å². The quantitative estimate of drug-likeness (QED) is 0.543. The number of amides is 2. The highest BCUT2D eigenvalue weighted by Gasteiger charge is 2.25. The van der Waals surface area contributed by atoms with Crippen LogP contribution in [0.15, 0.2) is 36.5 Å². The van der Waals surface area contributed by atoms with E-state index in [1.807, 2.05) is 17.2 Å². The summed E-state index contributed by atoms with van der Waals surface area (Å²) in [6.45, 7) is 12.4. The van der Waals surface area contributed by atoms with Crippen LogP contribution in [0.25, 0.3) is 0 Å². The molecule has 7 heteroatoms. The van der Waals surface area contributed by atoms with E-state index < -0.39 is 0 Å². The van der Waals surface area contributed by atoms with Gasteiger partial charge in [0.05, 0.1) is 5.69 Å². The van der Waals surface area contributed by atoms with E-state index in [0.29, 0.717) is 12.5 Å². The number of nitrogens with one attached hydrogen (secondary N) is 2. The lowest BCUT2D eigenvalue weighted by atomic mass is 9.93. The number of anilines is 4. The molecular formula is C27H40N6O. The maximum absolute atomic E-state index is 12.7. The summed E-state index contributed by atoms with van der Waals surface area (Å²) in [5.74, 6) is 2.07. The van der Waals surface area contributed by atoms with Gasteiger partial charge in [-0.3, -0.25) is 4.90 Å². The summed E-state index contributed by atoms with van der Waals surface area (Å²) in [6.07, 6.45) is 5.28. The van der Waals surface area contributed by atoms with Crippen molar-refractivity contribution in [1.82, 2.24) is 15.2 Å². The van der Waals surface area contributed by atoms with Gasteiger partial charge < -0.3 is 20.4 Å². The number of nitrogens with zero attached hydrogens (tertiary/aromatic N) is 4. The molecule has 1 aromatic carbocycles. The molecule has 1 aromatic heterocycles. The Labute approximate surface area is 204 Å². The molecule has 2 aliphatic heterocycles. The van der Waals surface area contributed by atoms with Crippen molar-refractivity contribution < 1.29 is 4.79 Å². The first-order chi connectivity index (χ1) is 16.4. The molecule has 0 aliphatic carbocycles. The number of benzene rings is 1. The van der Waals surface area contributed by atoms with Gasteiger partial charge in [0.2, 0.25) is 0 Å². The summed E-state index contributed by atoms with van der Waals surface area (Å²) in [7, 11) is 2.17. The number of carbonyl (C=O) groups is 1. The molecule has 0 spiro atoms. The zero-order valence-electron chi connectivity index (χ0n) is 21.2. The molecule has 1 fully saturated rings. The largest absolute Gasteiger partial charge is 0.369 e. The number of carbonyl (C=O) groups excluding carboxylic acids is 1. The average Bonchev–Trinajstić information content (AvgIpc) is 2.84. The Morgan fingerprint density at radius 1 is 1.09 bits per heavy atom. The van der Waals surface area contributed by atoms with E-state index in [0.717, 1.165) is 67.8 Å². The first-order valence-electron chi connectivity index (χ1n) is 12.8. The van der Waals surface area contributed by atoms with Crippen molar-refractivity contribution in [1.29, 1.82) is 0 Å². The van der Waals surface area contributed by atoms with E-state index in [4.69, 9.17) is 0 Å². The molecule has 7 nitrogen and oxygen atoms in total. The maximum atomic E-state index is 12.7. The summed E-state index contributed by atoms with van der Waals surface area (Å²) in [4.78, 5) is 24.0. The van der Waals surface area contributed by atoms with Gasteiger partial charge >= 0.3 is 6.03 Å². The number of hydrogen-bond acceptors (Lipinski definition) is 5. The fourth-order valence-electron chi connectivity index (χ4n) is 4.82. The molecule has 34 heavy (non-hydrogen) atoms. The van der Waals surface area contributed by atoms with Crippen LogP contribution < -0.4 is 20.4 Å². The first kappa shape index (κ1) is 24.3. The third-order valence-corrected chi connectivity index (χ3v) is 7.28. The summed E-state index contributed by atoms with van der Waals surface area (Å²) >= 11 is 0. The predicted molar refractivity (Wildman–Crippen MR) is 141 cm³/mol. The fraction of sp³-hybridized carbons (Fsp3) is 0.556. The third-order valence-electron chi connectivity index (χ3n) is 7.28. The van der Waals surface area contributed by atoms with Gasteiger partial charge in [0, 0.05) is 68.5 Å². The highest BCUT2D eigenvalue weighted by Crippen LogP contribution is 2.29. The number of urea groups is 1. The van der Waals surface area contributed by atoms with Gasteiger partial charge in [0.1, 0.15) is 5.82 Å². The molecule has 2 aromatic rings. The smallest absolute Gasteiger partial charge is 0.322 e. The van der Waals surface area contributed by atoms with Gasteiger partial charge in [0.15, 0.2) is 0 Å². The van der Waals surface area contributed by atoms with Gasteiger partial charge in [-0.15, -0.1) is 0 Å². The summed E-state index contributed by atoms with van der Waals surface area (Å²) in [6, 6.07) is 10.6. The fourth-order valence-corrected chi connectivity index (χ4v) is 4.82. The molecule has 0 radical (unpaired) electrons. The summed E-state index contributed by atoms with van der Waals surface area (Å²) in [5.41, 5.74) is 4.28. The van der Waals surface area contributed by atoms with Gasteiger partial charge in [-0.25, -0.2) is 9.78 Å². The summed E-state index contributed by atoms with van der Waals surface area (Å²) < 4.78 is 0. The van der Waals surface area contributed by atoms with Crippen LogP contribution in [0, 0.1) is 11.8 Å². The molecule has 1 saturated heterocycles. The highest BCUT2D eigenvalue weighted by atomic mass is 16.2. The first-order valence-corrected chi connectivity index (χ1v) is 12.8. The minimum atomic E-state index is -0.0167. The number of rotatable bonds is 9. The van der Waals surface area contributed by atoms with E-state index >= 15 is 0 Å². The minimum absolute atomic E-state index is 0.0167. The van der Waals surface area contributed by atoms with Crippen molar-refractivity contribution in [2.24, 2.45) is 11.8 Å². The van der Waals surface area contributed by atoms with Gasteiger partial charge in [-0.2, -0.15) is 0 Å². The van der Waals surface area contributed by atoms with E-state index in [-0.39, 0.29) is 6.03 Å². The highest BCUT2D eigenvalue weighted by molar-refractivity contribution is 5.95. The lowest BCUT2D eigenvalue weighted by Crippen LogP contribution is -2.45. The number of aromatic nitrogens is 1. The topological polar surface area (TPSA) is 63.7 Å². The lowest BCUT2D eigenvalue weighted by Gasteiger charge is -2.34. The second-order valence-corrected chi connectivity index (χ2v) is 10.1. The predicted octanol–water partition coefficient (Wildman–Crippen LogP) is 5.07. The molecule has 184 valence electrons. The normalized spacial score (nSPS) is 18.3.